The van der Waals surface area contributed by atoms with Crippen molar-refractivity contribution in [3.63, 3.8) is 0 Å². The molecule has 0 saturated heterocycles. The van der Waals surface area contributed by atoms with Gasteiger partial charge in [0.2, 0.25) is 5.91 Å². The van der Waals surface area contributed by atoms with Crippen molar-refractivity contribution in [2.24, 2.45) is 5.73 Å². The highest BCUT2D eigenvalue weighted by Crippen LogP contribution is 2.30. The number of amides is 2. The summed E-state index contributed by atoms with van der Waals surface area (Å²) in [4.78, 5) is 22.5. The number of ether oxygens (including phenoxy) is 1. The molecule has 1 aromatic carbocycles. The van der Waals surface area contributed by atoms with Gasteiger partial charge >= 0.3 is 0 Å². The maximum atomic E-state index is 11.3. The molecule has 0 aromatic heterocycles. The molecule has 0 fully saturated rings. The monoisotopic (exact) mass is 249 g/mol. The zero-order valence-corrected chi connectivity index (χ0v) is 10.0. The third kappa shape index (κ3) is 2.60. The summed E-state index contributed by atoms with van der Waals surface area (Å²) < 4.78 is 5.24. The minimum absolute atomic E-state index is 0.0244. The standard InChI is InChI=1S/C12H15N3O3/c1-14-11(16)5-8(13)7-2-3-10-9(4-7)15-12(17)6-18-10/h2-4,8H,5-6,13H2,1H3,(H,14,16)(H,15,17). The molecule has 0 bridgehead atoms. The summed E-state index contributed by atoms with van der Waals surface area (Å²) in [5, 5.41) is 5.22. The van der Waals surface area contributed by atoms with E-state index in [0.717, 1.165) is 5.56 Å². The maximum Gasteiger partial charge on any atom is 0.262 e. The Morgan fingerprint density at radius 3 is 3.11 bits per heavy atom. The van der Waals surface area contributed by atoms with Crippen LogP contribution in [0.3, 0.4) is 0 Å². The van der Waals surface area contributed by atoms with E-state index >= 15 is 0 Å². The maximum absolute atomic E-state index is 11.3. The first-order valence-corrected chi connectivity index (χ1v) is 5.63. The van der Waals surface area contributed by atoms with E-state index in [9.17, 15) is 9.59 Å². The molecule has 1 atom stereocenters. The molecule has 1 aliphatic heterocycles. The fourth-order valence-electron chi connectivity index (χ4n) is 1.75. The van der Waals surface area contributed by atoms with Gasteiger partial charge in [-0.1, -0.05) is 6.07 Å². The third-order valence-electron chi connectivity index (χ3n) is 2.75. The van der Waals surface area contributed by atoms with Crippen molar-refractivity contribution in [1.82, 2.24) is 5.32 Å². The van der Waals surface area contributed by atoms with Crippen molar-refractivity contribution >= 4 is 17.5 Å². The topological polar surface area (TPSA) is 93.5 Å². The van der Waals surface area contributed by atoms with Gasteiger partial charge in [-0.05, 0) is 17.7 Å². The Morgan fingerprint density at radius 2 is 2.39 bits per heavy atom. The van der Waals surface area contributed by atoms with E-state index in [1.165, 1.54) is 0 Å². The summed E-state index contributed by atoms with van der Waals surface area (Å²) in [6, 6.07) is 4.87. The van der Waals surface area contributed by atoms with Crippen LogP contribution in [-0.2, 0) is 9.59 Å². The summed E-state index contributed by atoms with van der Waals surface area (Å²) in [6.07, 6.45) is 0.199. The van der Waals surface area contributed by atoms with Crippen LogP contribution in [0.25, 0.3) is 0 Å². The number of fused-ring (bicyclic) bond motifs is 1. The number of carbonyl (C=O) groups is 2. The second-order valence-electron chi connectivity index (χ2n) is 4.08. The number of nitrogens with two attached hydrogens (primary N) is 1. The van der Waals surface area contributed by atoms with Crippen LogP contribution in [0.2, 0.25) is 0 Å². The van der Waals surface area contributed by atoms with Gasteiger partial charge in [0.1, 0.15) is 5.75 Å². The van der Waals surface area contributed by atoms with Crippen LogP contribution < -0.4 is 21.1 Å². The van der Waals surface area contributed by atoms with Crippen LogP contribution in [0.15, 0.2) is 18.2 Å². The highest BCUT2D eigenvalue weighted by Gasteiger charge is 2.18. The Balaban J connectivity index is 2.17. The van der Waals surface area contributed by atoms with Crippen molar-refractivity contribution in [2.75, 3.05) is 19.0 Å². The zero-order valence-electron chi connectivity index (χ0n) is 10.0. The van der Waals surface area contributed by atoms with Crippen LogP contribution in [0.4, 0.5) is 5.69 Å². The Bertz CT molecular complexity index is 487. The molecule has 1 aromatic rings. The third-order valence-corrected chi connectivity index (χ3v) is 2.75. The van der Waals surface area contributed by atoms with Crippen molar-refractivity contribution in [2.45, 2.75) is 12.5 Å². The summed E-state index contributed by atoms with van der Waals surface area (Å²) in [5.41, 5.74) is 7.30. The molecule has 0 aliphatic carbocycles. The lowest BCUT2D eigenvalue weighted by Gasteiger charge is -2.20. The van der Waals surface area contributed by atoms with E-state index in [2.05, 4.69) is 10.6 Å². The fraction of sp³-hybridized carbons (Fsp3) is 0.333. The Kier molecular flexibility index (Phi) is 3.47. The summed E-state index contributed by atoms with van der Waals surface area (Å²) >= 11 is 0. The minimum Gasteiger partial charge on any atom is -0.482 e. The van der Waals surface area contributed by atoms with Gasteiger partial charge in [0.25, 0.3) is 5.91 Å². The zero-order chi connectivity index (χ0) is 13.1. The molecule has 0 radical (unpaired) electrons. The van der Waals surface area contributed by atoms with E-state index in [1.807, 2.05) is 0 Å². The van der Waals surface area contributed by atoms with Crippen molar-refractivity contribution in [1.29, 1.82) is 0 Å². The molecular formula is C12H15N3O3. The number of rotatable bonds is 3. The van der Waals surface area contributed by atoms with E-state index in [-0.39, 0.29) is 24.8 Å². The van der Waals surface area contributed by atoms with Gasteiger partial charge < -0.3 is 21.1 Å². The van der Waals surface area contributed by atoms with Gasteiger partial charge in [0.05, 0.1) is 5.69 Å². The number of anilines is 1. The molecule has 2 rings (SSSR count). The van der Waals surface area contributed by atoms with Gasteiger partial charge in [0, 0.05) is 19.5 Å². The quantitative estimate of drug-likeness (QED) is 0.711. The summed E-state index contributed by atoms with van der Waals surface area (Å²) in [7, 11) is 1.57. The largest absolute Gasteiger partial charge is 0.482 e. The van der Waals surface area contributed by atoms with Gasteiger partial charge in [-0.3, -0.25) is 9.59 Å². The lowest BCUT2D eigenvalue weighted by Crippen LogP contribution is -2.26. The molecule has 1 heterocycles. The van der Waals surface area contributed by atoms with Gasteiger partial charge in [-0.2, -0.15) is 0 Å². The number of nitrogens with one attached hydrogen (secondary N) is 2. The molecule has 6 heteroatoms. The van der Waals surface area contributed by atoms with Crippen LogP contribution in [-0.4, -0.2) is 25.5 Å². The van der Waals surface area contributed by atoms with E-state index in [0.29, 0.717) is 11.4 Å². The molecular weight excluding hydrogens is 234 g/mol. The van der Waals surface area contributed by atoms with E-state index in [1.54, 1.807) is 25.2 Å². The van der Waals surface area contributed by atoms with Gasteiger partial charge in [-0.15, -0.1) is 0 Å². The second-order valence-corrected chi connectivity index (χ2v) is 4.08. The van der Waals surface area contributed by atoms with Crippen molar-refractivity contribution < 1.29 is 14.3 Å². The SMILES string of the molecule is CNC(=O)CC(N)c1ccc2c(c1)NC(=O)CO2. The van der Waals surface area contributed by atoms with E-state index in [4.69, 9.17) is 10.5 Å². The molecule has 0 spiro atoms. The Morgan fingerprint density at radius 1 is 1.61 bits per heavy atom. The predicted molar refractivity (Wildman–Crippen MR) is 66.2 cm³/mol. The van der Waals surface area contributed by atoms with Crippen LogP contribution in [0.5, 0.6) is 5.75 Å². The first-order chi connectivity index (χ1) is 8.60. The summed E-state index contributed by atoms with van der Waals surface area (Å²) in [6.45, 7) is 0.0244. The molecule has 1 aliphatic rings. The molecule has 18 heavy (non-hydrogen) atoms. The molecule has 0 saturated carbocycles. The average molecular weight is 249 g/mol. The van der Waals surface area contributed by atoms with Gasteiger partial charge in [-0.25, -0.2) is 0 Å². The normalized spacial score (nSPS) is 15.1. The number of benzene rings is 1. The highest BCUT2D eigenvalue weighted by atomic mass is 16.5. The van der Waals surface area contributed by atoms with E-state index < -0.39 is 6.04 Å². The predicted octanol–water partition coefficient (Wildman–Crippen LogP) is 0.153. The lowest BCUT2D eigenvalue weighted by atomic mass is 10.0. The van der Waals surface area contributed by atoms with Gasteiger partial charge in [0.15, 0.2) is 6.61 Å². The van der Waals surface area contributed by atoms with Crippen LogP contribution >= 0.6 is 0 Å². The van der Waals surface area contributed by atoms with Crippen molar-refractivity contribution in [3.8, 4) is 5.75 Å². The molecule has 96 valence electrons. The smallest absolute Gasteiger partial charge is 0.262 e. The average Bonchev–Trinajstić information content (AvgIpc) is 2.37. The first kappa shape index (κ1) is 12.4. The second kappa shape index (κ2) is 5.05. The van der Waals surface area contributed by atoms with Crippen LogP contribution in [0, 0.1) is 0 Å². The highest BCUT2D eigenvalue weighted by molar-refractivity contribution is 5.95. The summed E-state index contributed by atoms with van der Waals surface area (Å²) in [5.74, 6) is 0.297. The fourth-order valence-corrected chi connectivity index (χ4v) is 1.75. The number of carbonyl (C=O) groups excluding carboxylic acids is 2. The number of hydrogen-bond donors (Lipinski definition) is 3. The van der Waals surface area contributed by atoms with Crippen molar-refractivity contribution in [3.05, 3.63) is 23.8 Å². The minimum atomic E-state index is -0.408. The molecule has 4 N–H and O–H groups in total. The van der Waals surface area contributed by atoms with Crippen LogP contribution in [0.1, 0.15) is 18.0 Å². The first-order valence-electron chi connectivity index (χ1n) is 5.63. The Hall–Kier alpha value is -2.08. The lowest BCUT2D eigenvalue weighted by molar-refractivity contribution is -0.121. The Labute approximate surface area is 104 Å². The molecule has 2 amide bonds. The number of hydrogen-bond acceptors (Lipinski definition) is 4. The molecule has 6 nitrogen and oxygen atoms in total. The molecule has 1 unspecified atom stereocenters.